The molecule has 4 heteroatoms. The summed E-state index contributed by atoms with van der Waals surface area (Å²) in [5.41, 5.74) is 0.689. The summed E-state index contributed by atoms with van der Waals surface area (Å²) in [7, 11) is 3.39. The minimum Gasteiger partial charge on any atom is -0.211 e. The van der Waals surface area contributed by atoms with E-state index in [4.69, 9.17) is 0 Å². The summed E-state index contributed by atoms with van der Waals surface area (Å²) in [6, 6.07) is 7.58. The van der Waals surface area contributed by atoms with Crippen molar-refractivity contribution in [3.8, 4) is 0 Å². The molecule has 1 rings (SSSR count). The molecule has 0 heterocycles. The predicted molar refractivity (Wildman–Crippen MR) is 67.4 cm³/mol. The van der Waals surface area contributed by atoms with E-state index in [0.29, 0.717) is 5.69 Å². The summed E-state index contributed by atoms with van der Waals surface area (Å²) in [5.74, 6) is 0. The van der Waals surface area contributed by atoms with Crippen molar-refractivity contribution in [2.75, 3.05) is 0 Å². The minimum absolute atomic E-state index is 0.183. The molecule has 1 aromatic rings. The van der Waals surface area contributed by atoms with E-state index in [2.05, 4.69) is 25.8 Å². The molecular weight excluding hydrogens is 226 g/mol. The average Bonchev–Trinajstić information content (AvgIpc) is 2.16. The zero-order valence-electron chi connectivity index (χ0n) is 8.98. The van der Waals surface area contributed by atoms with Gasteiger partial charge in [0.1, 0.15) is 0 Å². The molecule has 0 fully saturated rings. The maximum Gasteiger partial charge on any atom is 0.240 e. The Morgan fingerprint density at radius 1 is 1.27 bits per heavy atom. The number of isocyanates is 1. The molecule has 0 atom stereocenters. The van der Waals surface area contributed by atoms with Gasteiger partial charge < -0.3 is 0 Å². The average molecular weight is 239 g/mol. The Balaban J connectivity index is 2.80. The Labute approximate surface area is 98.0 Å². The van der Waals surface area contributed by atoms with Gasteiger partial charge in [-0.25, -0.2) is 4.79 Å². The van der Waals surface area contributed by atoms with Gasteiger partial charge in [0.05, 0.1) is 5.69 Å². The molecule has 0 bridgehead atoms. The van der Waals surface area contributed by atoms with Gasteiger partial charge in [0.2, 0.25) is 6.08 Å². The van der Waals surface area contributed by atoms with Gasteiger partial charge in [-0.15, -0.1) is 0 Å². The highest BCUT2D eigenvalue weighted by Crippen LogP contribution is 2.43. The maximum absolute atomic E-state index is 10.2. The van der Waals surface area contributed by atoms with Crippen LogP contribution in [0.2, 0.25) is 0 Å². The van der Waals surface area contributed by atoms with E-state index in [9.17, 15) is 4.79 Å². The lowest BCUT2D eigenvalue weighted by atomic mass is 10.3. The first-order chi connectivity index (χ1) is 7.03. The van der Waals surface area contributed by atoms with Crippen LogP contribution in [0.25, 0.3) is 0 Å². The second kappa shape index (κ2) is 5.40. The Hall–Kier alpha value is -0.700. The van der Waals surface area contributed by atoms with Crippen LogP contribution >= 0.6 is 21.6 Å². The Morgan fingerprint density at radius 3 is 2.53 bits per heavy atom. The molecule has 0 aliphatic carbocycles. The van der Waals surface area contributed by atoms with Crippen molar-refractivity contribution in [3.63, 3.8) is 0 Å². The summed E-state index contributed by atoms with van der Waals surface area (Å²) in [6.45, 7) is 6.45. The Kier molecular flexibility index (Phi) is 4.45. The summed E-state index contributed by atoms with van der Waals surface area (Å²) in [5, 5.41) is 0. The highest BCUT2D eigenvalue weighted by atomic mass is 33.1. The van der Waals surface area contributed by atoms with Gasteiger partial charge in [-0.2, -0.15) is 4.99 Å². The molecule has 0 N–H and O–H groups in total. The van der Waals surface area contributed by atoms with Crippen molar-refractivity contribution in [1.82, 2.24) is 0 Å². The van der Waals surface area contributed by atoms with Crippen molar-refractivity contribution >= 4 is 33.4 Å². The molecule has 0 saturated carbocycles. The van der Waals surface area contributed by atoms with Crippen LogP contribution in [0.5, 0.6) is 0 Å². The maximum atomic E-state index is 10.2. The first-order valence-corrected chi connectivity index (χ1v) is 6.70. The van der Waals surface area contributed by atoms with Crippen molar-refractivity contribution in [3.05, 3.63) is 24.3 Å². The zero-order chi connectivity index (χ0) is 11.3. The smallest absolute Gasteiger partial charge is 0.211 e. The third-order valence-electron chi connectivity index (χ3n) is 1.41. The SMILES string of the molecule is CC(C)(C)SSc1ccccc1N=C=O. The molecule has 0 radical (unpaired) electrons. The number of para-hydroxylation sites is 1. The zero-order valence-corrected chi connectivity index (χ0v) is 10.6. The number of hydrogen-bond donors (Lipinski definition) is 0. The Bertz CT molecular complexity index is 378. The molecular formula is C11H13NOS2. The number of rotatable bonds is 3. The molecule has 80 valence electrons. The summed E-state index contributed by atoms with van der Waals surface area (Å²) in [4.78, 5) is 14.9. The largest absolute Gasteiger partial charge is 0.240 e. The third-order valence-corrected chi connectivity index (χ3v) is 4.81. The lowest BCUT2D eigenvalue weighted by molar-refractivity contribution is 0.565. The van der Waals surface area contributed by atoms with Crippen LogP contribution in [-0.4, -0.2) is 10.8 Å². The number of carbonyl (C=O) groups excluding carboxylic acids is 1. The van der Waals surface area contributed by atoms with Gasteiger partial charge >= 0.3 is 0 Å². The van der Waals surface area contributed by atoms with Crippen molar-refractivity contribution < 1.29 is 4.79 Å². The van der Waals surface area contributed by atoms with Crippen molar-refractivity contribution in [1.29, 1.82) is 0 Å². The summed E-state index contributed by atoms with van der Waals surface area (Å²) >= 11 is 0. The van der Waals surface area contributed by atoms with Crippen LogP contribution in [0.1, 0.15) is 20.8 Å². The normalized spacial score (nSPS) is 10.9. The van der Waals surface area contributed by atoms with E-state index in [1.54, 1.807) is 27.7 Å². The van der Waals surface area contributed by atoms with Gasteiger partial charge in [-0.3, -0.25) is 0 Å². The van der Waals surface area contributed by atoms with E-state index in [1.807, 2.05) is 24.3 Å². The van der Waals surface area contributed by atoms with Crippen LogP contribution < -0.4 is 0 Å². The molecule has 15 heavy (non-hydrogen) atoms. The molecule has 2 nitrogen and oxygen atoms in total. The molecule has 0 spiro atoms. The van der Waals surface area contributed by atoms with Crippen molar-refractivity contribution in [2.45, 2.75) is 30.4 Å². The molecule has 0 amide bonds. The monoisotopic (exact) mass is 239 g/mol. The first kappa shape index (κ1) is 12.4. The summed E-state index contributed by atoms with van der Waals surface area (Å²) < 4.78 is 0.183. The molecule has 0 aliphatic heterocycles. The van der Waals surface area contributed by atoms with Crippen molar-refractivity contribution in [2.24, 2.45) is 4.99 Å². The fraction of sp³-hybridized carbons (Fsp3) is 0.364. The molecule has 0 aliphatic rings. The van der Waals surface area contributed by atoms with E-state index in [-0.39, 0.29) is 4.75 Å². The predicted octanol–water partition coefficient (Wildman–Crippen LogP) is 4.19. The van der Waals surface area contributed by atoms with Crippen LogP contribution in [0.4, 0.5) is 5.69 Å². The number of benzene rings is 1. The molecule has 1 aromatic carbocycles. The van der Waals surface area contributed by atoms with E-state index in [1.165, 1.54) is 0 Å². The lowest BCUT2D eigenvalue weighted by Crippen LogP contribution is -2.04. The molecule has 0 saturated heterocycles. The van der Waals surface area contributed by atoms with E-state index < -0.39 is 0 Å². The third kappa shape index (κ3) is 4.56. The minimum atomic E-state index is 0.183. The van der Waals surface area contributed by atoms with Crippen LogP contribution in [0, 0.1) is 0 Å². The fourth-order valence-electron chi connectivity index (χ4n) is 0.839. The van der Waals surface area contributed by atoms with Gasteiger partial charge in [-0.05, 0) is 12.1 Å². The van der Waals surface area contributed by atoms with Gasteiger partial charge in [0.15, 0.2) is 0 Å². The number of hydrogen-bond acceptors (Lipinski definition) is 4. The lowest BCUT2D eigenvalue weighted by Gasteiger charge is -2.16. The van der Waals surface area contributed by atoms with Crippen LogP contribution in [0.15, 0.2) is 34.2 Å². The first-order valence-electron chi connectivity index (χ1n) is 4.55. The highest BCUT2D eigenvalue weighted by molar-refractivity contribution is 8.77. The second-order valence-electron chi connectivity index (χ2n) is 3.95. The summed E-state index contributed by atoms with van der Waals surface area (Å²) in [6.07, 6.45) is 1.57. The quantitative estimate of drug-likeness (QED) is 0.450. The topological polar surface area (TPSA) is 29.4 Å². The second-order valence-corrected chi connectivity index (χ2v) is 6.95. The molecule has 0 unspecified atom stereocenters. The molecule has 0 aromatic heterocycles. The standard InChI is InChI=1S/C11H13NOS2/c1-11(2,3)15-14-10-7-5-4-6-9(10)12-8-13/h4-7H,1-3H3. The fourth-order valence-corrected chi connectivity index (χ4v) is 2.95. The van der Waals surface area contributed by atoms with Gasteiger partial charge in [0, 0.05) is 9.64 Å². The van der Waals surface area contributed by atoms with E-state index >= 15 is 0 Å². The van der Waals surface area contributed by atoms with Crippen LogP contribution in [-0.2, 0) is 4.79 Å². The number of nitrogens with zero attached hydrogens (tertiary/aromatic N) is 1. The highest BCUT2D eigenvalue weighted by Gasteiger charge is 2.12. The van der Waals surface area contributed by atoms with Gasteiger partial charge in [0.25, 0.3) is 0 Å². The Morgan fingerprint density at radius 2 is 1.93 bits per heavy atom. The van der Waals surface area contributed by atoms with Crippen LogP contribution in [0.3, 0.4) is 0 Å². The van der Waals surface area contributed by atoms with Gasteiger partial charge in [-0.1, -0.05) is 54.5 Å². The number of aliphatic imine (C=N–C) groups is 1. The van der Waals surface area contributed by atoms with E-state index in [0.717, 1.165) is 4.90 Å².